The first-order valence-corrected chi connectivity index (χ1v) is 10.7. The first-order chi connectivity index (χ1) is 15.4. The van der Waals surface area contributed by atoms with Crippen LogP contribution in [0.4, 0.5) is 13.2 Å². The van der Waals surface area contributed by atoms with Gasteiger partial charge >= 0.3 is 0 Å². The van der Waals surface area contributed by atoms with Gasteiger partial charge in [0.25, 0.3) is 0 Å². The van der Waals surface area contributed by atoms with Crippen molar-refractivity contribution < 1.29 is 28.1 Å². The van der Waals surface area contributed by atoms with Crippen molar-refractivity contribution in [1.29, 1.82) is 0 Å². The Morgan fingerprint density at radius 1 is 0.875 bits per heavy atom. The molecule has 0 aromatic heterocycles. The lowest BCUT2D eigenvalue weighted by Crippen LogP contribution is -2.04. The zero-order chi connectivity index (χ0) is 23.1. The molecule has 0 amide bonds. The Bertz CT molecular complexity index is 1040. The predicted molar refractivity (Wildman–Crippen MR) is 119 cm³/mol. The van der Waals surface area contributed by atoms with Crippen molar-refractivity contribution in [2.75, 3.05) is 13.2 Å². The smallest absolute Gasteiger partial charge is 0.201 e. The van der Waals surface area contributed by atoms with Crippen LogP contribution < -0.4 is 4.74 Å². The molecule has 0 fully saturated rings. The van der Waals surface area contributed by atoms with Gasteiger partial charge in [-0.25, -0.2) is 13.7 Å². The van der Waals surface area contributed by atoms with E-state index in [9.17, 15) is 13.2 Å². The van der Waals surface area contributed by atoms with Crippen LogP contribution in [0.1, 0.15) is 32.3 Å². The second-order valence-electron chi connectivity index (χ2n) is 7.85. The van der Waals surface area contributed by atoms with E-state index in [4.69, 9.17) is 9.99 Å². The van der Waals surface area contributed by atoms with Crippen LogP contribution in [-0.2, 0) is 11.3 Å². The topological polar surface area (TPSA) is 38.7 Å². The monoisotopic (exact) mass is 444 g/mol. The number of ether oxygens (including phenoxy) is 1. The highest BCUT2D eigenvalue weighted by atomic mass is 19.2. The van der Waals surface area contributed by atoms with Crippen LogP contribution in [0.5, 0.6) is 5.75 Å². The van der Waals surface area contributed by atoms with Gasteiger partial charge in [-0.2, -0.15) is 4.39 Å². The Hall–Kier alpha value is -2.83. The van der Waals surface area contributed by atoms with Gasteiger partial charge < -0.3 is 4.74 Å². The molecular weight excluding hydrogens is 417 g/mol. The number of halogens is 3. The van der Waals surface area contributed by atoms with Crippen molar-refractivity contribution in [3.05, 3.63) is 77.6 Å². The summed E-state index contributed by atoms with van der Waals surface area (Å²) in [7, 11) is 0. The summed E-state index contributed by atoms with van der Waals surface area (Å²) in [6.45, 7) is 4.18. The third-order valence-corrected chi connectivity index (χ3v) is 5.43. The standard InChI is InChI=1S/C26H27F3O3/c1-3-31-24-14-13-22(25(28)26(24)29)19-9-7-18(8-10-19)21-12-11-20(23(27)15-21)6-4-5-17(2)16-32-30/h7-15,17,30H,3-6,16H2,1-2H3. The van der Waals surface area contributed by atoms with Crippen LogP contribution in [0.3, 0.4) is 0 Å². The van der Waals surface area contributed by atoms with Crippen LogP contribution in [0.15, 0.2) is 54.6 Å². The van der Waals surface area contributed by atoms with Gasteiger partial charge in [-0.3, -0.25) is 5.26 Å². The maximum atomic E-state index is 14.6. The van der Waals surface area contributed by atoms with Crippen LogP contribution in [0.25, 0.3) is 22.3 Å². The molecule has 3 aromatic carbocycles. The van der Waals surface area contributed by atoms with Crippen LogP contribution in [-0.4, -0.2) is 18.5 Å². The number of benzene rings is 3. The fraction of sp³-hybridized carbons (Fsp3) is 0.308. The van der Waals surface area contributed by atoms with E-state index < -0.39 is 11.6 Å². The molecule has 0 saturated heterocycles. The highest BCUT2D eigenvalue weighted by molar-refractivity contribution is 5.71. The normalized spacial score (nSPS) is 12.1. The molecular formula is C26H27F3O3. The fourth-order valence-corrected chi connectivity index (χ4v) is 3.65. The van der Waals surface area contributed by atoms with Crippen LogP contribution in [0, 0.1) is 23.4 Å². The highest BCUT2D eigenvalue weighted by Crippen LogP contribution is 2.32. The van der Waals surface area contributed by atoms with E-state index in [0.717, 1.165) is 18.4 Å². The molecule has 0 spiro atoms. The number of rotatable bonds is 10. The molecule has 0 aliphatic heterocycles. The summed E-state index contributed by atoms with van der Waals surface area (Å²) in [6.07, 6.45) is 2.22. The Morgan fingerprint density at radius 2 is 1.56 bits per heavy atom. The van der Waals surface area contributed by atoms with E-state index in [1.54, 1.807) is 37.3 Å². The molecule has 170 valence electrons. The highest BCUT2D eigenvalue weighted by Gasteiger charge is 2.16. The summed E-state index contributed by atoms with van der Waals surface area (Å²) in [5.41, 5.74) is 2.78. The van der Waals surface area contributed by atoms with Gasteiger partial charge in [-0.1, -0.05) is 43.3 Å². The Morgan fingerprint density at radius 3 is 2.22 bits per heavy atom. The lowest BCUT2D eigenvalue weighted by Gasteiger charge is -2.11. The average molecular weight is 444 g/mol. The molecule has 3 rings (SSSR count). The van der Waals surface area contributed by atoms with Crippen molar-refractivity contribution >= 4 is 0 Å². The van der Waals surface area contributed by atoms with E-state index in [2.05, 4.69) is 4.89 Å². The fourth-order valence-electron chi connectivity index (χ4n) is 3.65. The molecule has 0 saturated carbocycles. The molecule has 6 heteroatoms. The van der Waals surface area contributed by atoms with Crippen molar-refractivity contribution in [1.82, 2.24) is 0 Å². The first-order valence-electron chi connectivity index (χ1n) is 10.7. The maximum absolute atomic E-state index is 14.6. The first kappa shape index (κ1) is 23.8. The van der Waals surface area contributed by atoms with E-state index >= 15 is 0 Å². The second-order valence-corrected chi connectivity index (χ2v) is 7.85. The largest absolute Gasteiger partial charge is 0.491 e. The molecule has 0 heterocycles. The third-order valence-electron chi connectivity index (χ3n) is 5.43. The minimum atomic E-state index is -1.01. The second kappa shape index (κ2) is 11.2. The number of hydrogen-bond acceptors (Lipinski definition) is 3. The van der Waals surface area contributed by atoms with Crippen molar-refractivity contribution in [2.45, 2.75) is 33.1 Å². The van der Waals surface area contributed by atoms with Crippen LogP contribution >= 0.6 is 0 Å². The molecule has 0 radical (unpaired) electrons. The minimum absolute atomic E-state index is 0.114. The Labute approximate surface area is 186 Å². The van der Waals surface area contributed by atoms with E-state index in [1.807, 2.05) is 13.0 Å². The van der Waals surface area contributed by atoms with Gasteiger partial charge in [0.1, 0.15) is 5.82 Å². The molecule has 0 aliphatic carbocycles. The van der Waals surface area contributed by atoms with E-state index in [-0.39, 0.29) is 36.3 Å². The summed E-state index contributed by atoms with van der Waals surface area (Å²) in [4.78, 5) is 4.14. The minimum Gasteiger partial charge on any atom is -0.491 e. The molecule has 3 aromatic rings. The van der Waals surface area contributed by atoms with Gasteiger partial charge in [0.2, 0.25) is 5.82 Å². The summed E-state index contributed by atoms with van der Waals surface area (Å²) in [5.74, 6) is -2.16. The molecule has 1 N–H and O–H groups in total. The van der Waals surface area contributed by atoms with Gasteiger partial charge in [0.15, 0.2) is 11.6 Å². The Balaban J connectivity index is 1.72. The predicted octanol–water partition coefficient (Wildman–Crippen LogP) is 7.29. The van der Waals surface area contributed by atoms with Crippen molar-refractivity contribution in [3.8, 4) is 28.0 Å². The molecule has 1 unspecified atom stereocenters. The summed E-state index contributed by atoms with van der Waals surface area (Å²) in [6, 6.07) is 14.9. The third kappa shape index (κ3) is 5.69. The zero-order valence-electron chi connectivity index (χ0n) is 18.2. The number of hydrogen-bond donors (Lipinski definition) is 1. The van der Waals surface area contributed by atoms with Gasteiger partial charge in [-0.05, 0) is 72.6 Å². The quantitative estimate of drug-likeness (QED) is 0.264. The lowest BCUT2D eigenvalue weighted by molar-refractivity contribution is -0.250. The van der Waals surface area contributed by atoms with E-state index in [0.29, 0.717) is 23.1 Å². The molecule has 1 atom stereocenters. The van der Waals surface area contributed by atoms with Gasteiger partial charge in [0, 0.05) is 5.56 Å². The number of aryl methyl sites for hydroxylation is 1. The summed E-state index contributed by atoms with van der Waals surface area (Å²) < 4.78 is 48.3. The van der Waals surface area contributed by atoms with Gasteiger partial charge in [0.05, 0.1) is 13.2 Å². The molecule has 3 nitrogen and oxygen atoms in total. The molecule has 0 bridgehead atoms. The molecule has 32 heavy (non-hydrogen) atoms. The summed E-state index contributed by atoms with van der Waals surface area (Å²) >= 11 is 0. The SMILES string of the molecule is CCOc1ccc(-c2ccc(-c3ccc(CCCC(C)COO)c(F)c3)cc2)c(F)c1F. The zero-order valence-corrected chi connectivity index (χ0v) is 18.2. The Kier molecular flexibility index (Phi) is 8.31. The van der Waals surface area contributed by atoms with Crippen LogP contribution in [0.2, 0.25) is 0 Å². The van der Waals surface area contributed by atoms with Crippen molar-refractivity contribution in [3.63, 3.8) is 0 Å². The average Bonchev–Trinajstić information content (AvgIpc) is 2.79. The maximum Gasteiger partial charge on any atom is 0.201 e. The lowest BCUT2D eigenvalue weighted by atomic mass is 9.97. The van der Waals surface area contributed by atoms with Gasteiger partial charge in [-0.15, -0.1) is 0 Å². The summed E-state index contributed by atoms with van der Waals surface area (Å²) in [5, 5.41) is 8.47. The van der Waals surface area contributed by atoms with E-state index in [1.165, 1.54) is 18.2 Å². The molecule has 0 aliphatic rings. The van der Waals surface area contributed by atoms with Crippen molar-refractivity contribution in [2.24, 2.45) is 5.92 Å².